The van der Waals surface area contributed by atoms with Crippen molar-refractivity contribution in [1.82, 2.24) is 0 Å². The molecular formula is C18H22N+. The predicted octanol–water partition coefficient (Wildman–Crippen LogP) is 4.02. The van der Waals surface area contributed by atoms with Crippen LogP contribution in [0.15, 0.2) is 73.3 Å². The molecule has 0 aliphatic rings. The smallest absolute Gasteiger partial charge is 0.105 e. The summed E-state index contributed by atoms with van der Waals surface area (Å²) in [7, 11) is 2.29. The van der Waals surface area contributed by atoms with Crippen LogP contribution in [0.25, 0.3) is 0 Å². The van der Waals surface area contributed by atoms with Crippen LogP contribution in [0.2, 0.25) is 0 Å². The van der Waals surface area contributed by atoms with Gasteiger partial charge in [-0.25, -0.2) is 0 Å². The summed E-state index contributed by atoms with van der Waals surface area (Å²) in [6, 6.07) is 21.4. The van der Waals surface area contributed by atoms with Gasteiger partial charge in [0.25, 0.3) is 0 Å². The van der Waals surface area contributed by atoms with Gasteiger partial charge in [0.05, 0.1) is 13.6 Å². The van der Waals surface area contributed by atoms with Crippen molar-refractivity contribution in [3.8, 4) is 0 Å². The van der Waals surface area contributed by atoms with Gasteiger partial charge in [-0.15, -0.1) is 0 Å². The van der Waals surface area contributed by atoms with Crippen LogP contribution in [-0.2, 0) is 13.1 Å². The summed E-state index contributed by atoms with van der Waals surface area (Å²) in [6.07, 6.45) is 2.02. The Morgan fingerprint density at radius 3 is 1.63 bits per heavy atom. The van der Waals surface area contributed by atoms with Crippen LogP contribution in [0.5, 0.6) is 0 Å². The molecule has 0 aliphatic heterocycles. The van der Waals surface area contributed by atoms with Crippen molar-refractivity contribution in [2.75, 3.05) is 13.6 Å². The van der Waals surface area contributed by atoms with Crippen molar-refractivity contribution < 1.29 is 4.48 Å². The minimum Gasteiger partial charge on any atom is -0.315 e. The van der Waals surface area contributed by atoms with Gasteiger partial charge in [-0.1, -0.05) is 67.2 Å². The van der Waals surface area contributed by atoms with Crippen LogP contribution in [0.3, 0.4) is 0 Å². The first-order valence-corrected chi connectivity index (χ1v) is 6.74. The highest BCUT2D eigenvalue weighted by atomic mass is 15.3. The summed E-state index contributed by atoms with van der Waals surface area (Å²) in [6.45, 7) is 6.95. The number of nitrogens with zero attached hydrogens (tertiary/aromatic N) is 1. The average Bonchev–Trinajstić information content (AvgIpc) is 2.41. The lowest BCUT2D eigenvalue weighted by atomic mass is 10.1. The minimum atomic E-state index is 0.956. The number of quaternary nitrogens is 1. The quantitative estimate of drug-likeness (QED) is 0.538. The van der Waals surface area contributed by atoms with Crippen molar-refractivity contribution in [3.63, 3.8) is 0 Å². The number of benzene rings is 2. The minimum absolute atomic E-state index is 0.956. The normalized spacial score (nSPS) is 11.2. The van der Waals surface area contributed by atoms with E-state index >= 15 is 0 Å². The van der Waals surface area contributed by atoms with E-state index in [9.17, 15) is 0 Å². The molecule has 0 N–H and O–H groups in total. The lowest BCUT2D eigenvalue weighted by molar-refractivity contribution is -0.930. The molecule has 2 rings (SSSR count). The SMILES string of the molecule is C=CC[N+](C)(Cc1ccccc1)Cc1ccccc1. The standard InChI is InChI=1S/C18H22N/c1-3-14-19(2,15-17-10-6-4-7-11-17)16-18-12-8-5-9-13-18/h3-13H,1,14-16H2,2H3/q+1. The van der Waals surface area contributed by atoms with Crippen molar-refractivity contribution in [3.05, 3.63) is 84.4 Å². The number of likely N-dealkylation sites (N-methyl/N-ethyl adjacent to an activating group) is 1. The summed E-state index contributed by atoms with van der Waals surface area (Å²) in [5, 5.41) is 0. The molecule has 0 heterocycles. The zero-order valence-corrected chi connectivity index (χ0v) is 11.6. The van der Waals surface area contributed by atoms with E-state index in [0.717, 1.165) is 24.1 Å². The van der Waals surface area contributed by atoms with E-state index < -0.39 is 0 Å². The van der Waals surface area contributed by atoms with Crippen LogP contribution < -0.4 is 0 Å². The molecule has 1 nitrogen and oxygen atoms in total. The Morgan fingerprint density at radius 1 is 0.842 bits per heavy atom. The molecule has 0 saturated heterocycles. The Hall–Kier alpha value is -1.86. The van der Waals surface area contributed by atoms with Gasteiger partial charge in [0.1, 0.15) is 13.1 Å². The summed E-state index contributed by atoms with van der Waals surface area (Å²) in [4.78, 5) is 0. The van der Waals surface area contributed by atoms with Crippen LogP contribution in [0.4, 0.5) is 0 Å². The zero-order valence-electron chi connectivity index (χ0n) is 11.6. The molecule has 0 saturated carbocycles. The largest absolute Gasteiger partial charge is 0.315 e. The molecular weight excluding hydrogens is 230 g/mol. The molecule has 0 radical (unpaired) electrons. The Balaban J connectivity index is 2.15. The second kappa shape index (κ2) is 6.35. The summed E-state index contributed by atoms with van der Waals surface area (Å²) < 4.78 is 0.956. The maximum atomic E-state index is 3.91. The number of hydrogen-bond acceptors (Lipinski definition) is 0. The molecule has 0 atom stereocenters. The van der Waals surface area contributed by atoms with Gasteiger partial charge in [0.15, 0.2) is 0 Å². The molecule has 19 heavy (non-hydrogen) atoms. The van der Waals surface area contributed by atoms with E-state index in [-0.39, 0.29) is 0 Å². The fraction of sp³-hybridized carbons (Fsp3) is 0.222. The van der Waals surface area contributed by atoms with Gasteiger partial charge < -0.3 is 4.48 Å². The molecule has 98 valence electrons. The fourth-order valence-corrected chi connectivity index (χ4v) is 2.55. The topological polar surface area (TPSA) is 0 Å². The highest BCUT2D eigenvalue weighted by Gasteiger charge is 2.20. The molecule has 0 amide bonds. The highest BCUT2D eigenvalue weighted by Crippen LogP contribution is 2.17. The maximum Gasteiger partial charge on any atom is 0.105 e. The van der Waals surface area contributed by atoms with Gasteiger partial charge in [-0.2, -0.15) is 0 Å². The number of rotatable bonds is 6. The molecule has 2 aromatic carbocycles. The molecule has 0 bridgehead atoms. The lowest BCUT2D eigenvalue weighted by Crippen LogP contribution is -2.42. The molecule has 0 unspecified atom stereocenters. The summed E-state index contributed by atoms with van der Waals surface area (Å²) >= 11 is 0. The Labute approximate surface area is 116 Å². The van der Waals surface area contributed by atoms with E-state index in [1.165, 1.54) is 11.1 Å². The van der Waals surface area contributed by atoms with Gasteiger partial charge >= 0.3 is 0 Å². The first-order chi connectivity index (χ1) is 9.22. The van der Waals surface area contributed by atoms with Crippen LogP contribution in [-0.4, -0.2) is 18.1 Å². The third-order valence-electron chi connectivity index (χ3n) is 3.38. The van der Waals surface area contributed by atoms with Gasteiger partial charge in [0, 0.05) is 11.1 Å². The van der Waals surface area contributed by atoms with Gasteiger partial charge in [-0.05, 0) is 6.08 Å². The third-order valence-corrected chi connectivity index (χ3v) is 3.38. The molecule has 0 spiro atoms. The van der Waals surface area contributed by atoms with Crippen molar-refractivity contribution in [2.45, 2.75) is 13.1 Å². The van der Waals surface area contributed by atoms with Gasteiger partial charge in [-0.3, -0.25) is 0 Å². The third kappa shape index (κ3) is 4.08. The summed E-state index contributed by atoms with van der Waals surface area (Å²) in [5.41, 5.74) is 2.76. The molecule has 1 heteroatoms. The predicted molar refractivity (Wildman–Crippen MR) is 81.5 cm³/mol. The Bertz CT molecular complexity index is 460. The highest BCUT2D eigenvalue weighted by molar-refractivity contribution is 5.15. The van der Waals surface area contributed by atoms with Crippen LogP contribution in [0, 0.1) is 0 Å². The average molecular weight is 252 g/mol. The fourth-order valence-electron chi connectivity index (χ4n) is 2.55. The van der Waals surface area contributed by atoms with E-state index in [0.29, 0.717) is 0 Å². The molecule has 2 aromatic rings. The van der Waals surface area contributed by atoms with Crippen molar-refractivity contribution in [2.24, 2.45) is 0 Å². The molecule has 0 aromatic heterocycles. The second-order valence-corrected chi connectivity index (χ2v) is 5.38. The molecule has 0 aliphatic carbocycles. The lowest BCUT2D eigenvalue weighted by Gasteiger charge is -2.33. The first kappa shape index (κ1) is 13.6. The monoisotopic (exact) mass is 252 g/mol. The van der Waals surface area contributed by atoms with Crippen molar-refractivity contribution >= 4 is 0 Å². The Kier molecular flexibility index (Phi) is 4.53. The van der Waals surface area contributed by atoms with Crippen LogP contribution >= 0.6 is 0 Å². The van der Waals surface area contributed by atoms with E-state index in [4.69, 9.17) is 0 Å². The van der Waals surface area contributed by atoms with Crippen molar-refractivity contribution in [1.29, 1.82) is 0 Å². The summed E-state index contributed by atoms with van der Waals surface area (Å²) in [5.74, 6) is 0. The second-order valence-electron chi connectivity index (χ2n) is 5.38. The van der Waals surface area contributed by atoms with E-state index in [2.05, 4.69) is 74.3 Å². The first-order valence-electron chi connectivity index (χ1n) is 6.74. The van der Waals surface area contributed by atoms with E-state index in [1.54, 1.807) is 0 Å². The number of hydrogen-bond donors (Lipinski definition) is 0. The van der Waals surface area contributed by atoms with Gasteiger partial charge in [0.2, 0.25) is 0 Å². The Morgan fingerprint density at radius 2 is 1.26 bits per heavy atom. The van der Waals surface area contributed by atoms with Crippen LogP contribution in [0.1, 0.15) is 11.1 Å². The zero-order chi connectivity index (χ0) is 13.6. The van der Waals surface area contributed by atoms with E-state index in [1.807, 2.05) is 6.08 Å². The maximum absolute atomic E-state index is 3.91. The molecule has 0 fully saturated rings.